The lowest BCUT2D eigenvalue weighted by atomic mass is 10.1. The Morgan fingerprint density at radius 1 is 1.30 bits per heavy atom. The summed E-state index contributed by atoms with van der Waals surface area (Å²) in [6.07, 6.45) is 1.59. The third-order valence-electron chi connectivity index (χ3n) is 3.15. The average Bonchev–Trinajstić information content (AvgIpc) is 2.36. The van der Waals surface area contributed by atoms with Crippen molar-refractivity contribution in [1.82, 2.24) is 5.32 Å². The first-order chi connectivity index (χ1) is 9.20. The summed E-state index contributed by atoms with van der Waals surface area (Å²) in [7, 11) is 1.41. The van der Waals surface area contributed by atoms with Crippen LogP contribution in [-0.4, -0.2) is 20.4 Å². The molecule has 0 unspecified atom stereocenters. The summed E-state index contributed by atoms with van der Waals surface area (Å²) in [6, 6.07) is 2.73. The number of halogens is 2. The molecule has 0 radical (unpaired) electrons. The maximum atomic E-state index is 12.2. The molecule has 0 bridgehead atoms. The number of hydrogen-bond acceptors (Lipinski definition) is 3. The van der Waals surface area contributed by atoms with Gasteiger partial charge < -0.3 is 5.32 Å². The highest BCUT2D eigenvalue weighted by Crippen LogP contribution is 2.27. The number of nitrogens with one attached hydrogen (secondary N) is 1. The lowest BCUT2D eigenvalue weighted by Gasteiger charge is -2.16. The zero-order valence-electron chi connectivity index (χ0n) is 11.5. The van der Waals surface area contributed by atoms with E-state index < -0.39 is 9.05 Å². The summed E-state index contributed by atoms with van der Waals surface area (Å²) in [4.78, 5) is 12.1. The predicted octanol–water partition coefficient (Wildman–Crippen LogP) is 3.49. The number of hydrogen-bond donors (Lipinski definition) is 1. The Morgan fingerprint density at radius 3 is 2.30 bits per heavy atom. The molecule has 0 saturated heterocycles. The van der Waals surface area contributed by atoms with E-state index in [1.807, 2.05) is 13.8 Å². The fraction of sp³-hybridized carbons (Fsp3) is 0.462. The molecule has 0 aromatic heterocycles. The van der Waals surface area contributed by atoms with Gasteiger partial charge in [0, 0.05) is 27.3 Å². The normalized spacial score (nSPS) is 11.7. The molecule has 0 spiro atoms. The monoisotopic (exact) mass is 337 g/mol. The van der Waals surface area contributed by atoms with E-state index in [0.717, 1.165) is 12.8 Å². The molecule has 7 heteroatoms. The van der Waals surface area contributed by atoms with E-state index in [9.17, 15) is 13.2 Å². The molecule has 4 nitrogen and oxygen atoms in total. The van der Waals surface area contributed by atoms with E-state index >= 15 is 0 Å². The summed E-state index contributed by atoms with van der Waals surface area (Å²) < 4.78 is 23.0. The van der Waals surface area contributed by atoms with Gasteiger partial charge in [-0.1, -0.05) is 25.4 Å². The quantitative estimate of drug-likeness (QED) is 0.836. The molecule has 0 saturated carbocycles. The Morgan fingerprint density at radius 2 is 1.85 bits per heavy atom. The Kier molecular flexibility index (Phi) is 5.86. The first-order valence-electron chi connectivity index (χ1n) is 6.26. The maximum absolute atomic E-state index is 12.2. The molecular formula is C13H17Cl2NO3S. The van der Waals surface area contributed by atoms with Crippen molar-refractivity contribution in [2.75, 3.05) is 0 Å². The average molecular weight is 338 g/mol. The molecule has 1 aromatic rings. The fourth-order valence-electron chi connectivity index (χ4n) is 1.90. The zero-order chi connectivity index (χ0) is 15.5. The van der Waals surface area contributed by atoms with Gasteiger partial charge in [0.25, 0.3) is 15.0 Å². The van der Waals surface area contributed by atoms with Crippen molar-refractivity contribution in [3.63, 3.8) is 0 Å². The number of amides is 1. The molecule has 1 N–H and O–H groups in total. The third-order valence-corrected chi connectivity index (χ3v) is 4.82. The first-order valence-corrected chi connectivity index (χ1v) is 8.95. The number of benzene rings is 1. The van der Waals surface area contributed by atoms with Crippen LogP contribution < -0.4 is 5.32 Å². The summed E-state index contributed by atoms with van der Waals surface area (Å²) in [5.41, 5.74) is 0.525. The Labute approximate surface area is 128 Å². The van der Waals surface area contributed by atoms with E-state index in [2.05, 4.69) is 5.32 Å². The molecule has 1 amide bonds. The van der Waals surface area contributed by atoms with Gasteiger partial charge >= 0.3 is 0 Å². The van der Waals surface area contributed by atoms with Crippen molar-refractivity contribution in [3.05, 3.63) is 28.3 Å². The highest BCUT2D eigenvalue weighted by molar-refractivity contribution is 8.13. The molecule has 112 valence electrons. The van der Waals surface area contributed by atoms with E-state index in [-0.39, 0.29) is 27.4 Å². The van der Waals surface area contributed by atoms with Crippen molar-refractivity contribution in [1.29, 1.82) is 0 Å². The lowest BCUT2D eigenvalue weighted by Crippen LogP contribution is -2.34. The van der Waals surface area contributed by atoms with Gasteiger partial charge in [-0.2, -0.15) is 0 Å². The molecule has 0 aliphatic heterocycles. The fourth-order valence-corrected chi connectivity index (χ4v) is 3.41. The summed E-state index contributed by atoms with van der Waals surface area (Å²) >= 11 is 5.87. The van der Waals surface area contributed by atoms with Gasteiger partial charge in [0.1, 0.15) is 0 Å². The topological polar surface area (TPSA) is 63.2 Å². The van der Waals surface area contributed by atoms with Gasteiger partial charge in [-0.25, -0.2) is 8.42 Å². The Bertz CT molecular complexity index is 610. The van der Waals surface area contributed by atoms with Crippen LogP contribution in [0, 0.1) is 6.92 Å². The lowest BCUT2D eigenvalue weighted by molar-refractivity contribution is 0.0934. The second-order valence-electron chi connectivity index (χ2n) is 4.50. The van der Waals surface area contributed by atoms with E-state index in [4.69, 9.17) is 22.3 Å². The molecule has 0 aliphatic rings. The minimum atomic E-state index is -3.94. The van der Waals surface area contributed by atoms with Crippen LogP contribution in [0.25, 0.3) is 0 Å². The van der Waals surface area contributed by atoms with Crippen molar-refractivity contribution in [3.8, 4) is 0 Å². The van der Waals surface area contributed by atoms with Crippen LogP contribution in [0.2, 0.25) is 5.02 Å². The SMILES string of the molecule is CCC(CC)NC(=O)c1cc(Cl)cc(S(=O)(=O)Cl)c1C. The van der Waals surface area contributed by atoms with Gasteiger partial charge in [-0.15, -0.1) is 0 Å². The molecule has 1 rings (SSSR count). The first kappa shape index (κ1) is 17.3. The van der Waals surface area contributed by atoms with Crippen LogP contribution in [-0.2, 0) is 9.05 Å². The second-order valence-corrected chi connectivity index (χ2v) is 7.47. The van der Waals surface area contributed by atoms with Crippen LogP contribution >= 0.6 is 22.3 Å². The largest absolute Gasteiger partial charge is 0.349 e. The standard InChI is InChI=1S/C13H17Cl2NO3S/c1-4-10(5-2)16-13(17)11-6-9(14)7-12(8(11)3)20(15,18)19/h6-7,10H,4-5H2,1-3H3,(H,16,17). The summed E-state index contributed by atoms with van der Waals surface area (Å²) in [5, 5.41) is 3.00. The summed E-state index contributed by atoms with van der Waals surface area (Å²) in [5.74, 6) is -0.347. The van der Waals surface area contributed by atoms with Crippen LogP contribution in [0.1, 0.15) is 42.6 Å². The van der Waals surface area contributed by atoms with Crippen LogP contribution in [0.15, 0.2) is 17.0 Å². The number of rotatable bonds is 5. The Hall–Kier alpha value is -0.780. The number of carbonyl (C=O) groups excluding carboxylic acids is 1. The van der Waals surface area contributed by atoms with E-state index in [1.54, 1.807) is 0 Å². The highest BCUT2D eigenvalue weighted by Gasteiger charge is 2.21. The van der Waals surface area contributed by atoms with Gasteiger partial charge in [0.15, 0.2) is 0 Å². The minimum Gasteiger partial charge on any atom is -0.349 e. The molecular weight excluding hydrogens is 321 g/mol. The molecule has 0 heterocycles. The number of carbonyl (C=O) groups is 1. The smallest absolute Gasteiger partial charge is 0.261 e. The molecule has 20 heavy (non-hydrogen) atoms. The third kappa shape index (κ3) is 4.11. The molecule has 0 aliphatic carbocycles. The van der Waals surface area contributed by atoms with Gasteiger partial charge in [0.05, 0.1) is 4.90 Å². The summed E-state index contributed by atoms with van der Waals surface area (Å²) in [6.45, 7) is 5.47. The second kappa shape index (κ2) is 6.78. The predicted molar refractivity (Wildman–Crippen MR) is 81.1 cm³/mol. The minimum absolute atomic E-state index is 0.0388. The highest BCUT2D eigenvalue weighted by atomic mass is 35.7. The van der Waals surface area contributed by atoms with Crippen molar-refractivity contribution in [2.45, 2.75) is 44.6 Å². The van der Waals surface area contributed by atoms with Crippen molar-refractivity contribution in [2.24, 2.45) is 0 Å². The van der Waals surface area contributed by atoms with E-state index in [0.29, 0.717) is 5.56 Å². The van der Waals surface area contributed by atoms with Gasteiger partial charge in [-0.05, 0) is 37.5 Å². The Balaban J connectivity index is 3.26. The molecule has 0 fully saturated rings. The van der Waals surface area contributed by atoms with Crippen molar-refractivity contribution < 1.29 is 13.2 Å². The van der Waals surface area contributed by atoms with Crippen LogP contribution in [0.4, 0.5) is 0 Å². The van der Waals surface area contributed by atoms with Crippen LogP contribution in [0.3, 0.4) is 0 Å². The zero-order valence-corrected chi connectivity index (χ0v) is 13.9. The van der Waals surface area contributed by atoms with E-state index in [1.165, 1.54) is 19.1 Å². The van der Waals surface area contributed by atoms with Crippen molar-refractivity contribution >= 4 is 37.2 Å². The van der Waals surface area contributed by atoms with Crippen LogP contribution in [0.5, 0.6) is 0 Å². The maximum Gasteiger partial charge on any atom is 0.261 e. The van der Waals surface area contributed by atoms with Gasteiger partial charge in [-0.3, -0.25) is 4.79 Å². The molecule has 0 atom stereocenters. The molecule has 1 aromatic carbocycles. The van der Waals surface area contributed by atoms with Gasteiger partial charge in [0.2, 0.25) is 0 Å².